The molecule has 2 unspecified atom stereocenters. The van der Waals surface area contributed by atoms with Gasteiger partial charge >= 0.3 is 0 Å². The van der Waals surface area contributed by atoms with E-state index in [0.29, 0.717) is 17.3 Å². The first kappa shape index (κ1) is 8.38. The third kappa shape index (κ3) is 1.33. The zero-order valence-corrected chi connectivity index (χ0v) is 7.97. The molecule has 2 atom stereocenters. The summed E-state index contributed by atoms with van der Waals surface area (Å²) in [5.41, 5.74) is 0. The molecule has 2 bridgehead atoms. The van der Waals surface area contributed by atoms with Crippen molar-refractivity contribution in [2.24, 2.45) is 11.8 Å². The van der Waals surface area contributed by atoms with Crippen LogP contribution in [-0.2, 0) is 15.6 Å². The summed E-state index contributed by atoms with van der Waals surface area (Å²) in [6.07, 6.45) is 0. The number of likely N-dealkylation sites (tertiary alicyclic amines) is 1. The zero-order chi connectivity index (χ0) is 8.72. The Labute approximate surface area is 74.6 Å². The predicted octanol–water partition coefficient (Wildman–Crippen LogP) is -0.504. The molecule has 2 aliphatic rings. The number of rotatable bonds is 0. The van der Waals surface area contributed by atoms with Crippen molar-refractivity contribution < 1.29 is 9.00 Å². The van der Waals surface area contributed by atoms with Crippen molar-refractivity contribution >= 4 is 16.6 Å². The summed E-state index contributed by atoms with van der Waals surface area (Å²) >= 11 is 0. The molecule has 2 heterocycles. The number of piperidine rings is 1. The fourth-order valence-corrected chi connectivity index (χ4v) is 3.70. The van der Waals surface area contributed by atoms with Crippen molar-refractivity contribution in [1.29, 1.82) is 0 Å². The zero-order valence-electron chi connectivity index (χ0n) is 7.16. The molecule has 0 aromatic carbocycles. The predicted molar refractivity (Wildman–Crippen MR) is 47.4 cm³/mol. The Morgan fingerprint density at radius 2 is 1.83 bits per heavy atom. The lowest BCUT2D eigenvalue weighted by Gasteiger charge is -2.37. The lowest BCUT2D eigenvalue weighted by atomic mass is 9.90. The largest absolute Gasteiger partial charge is 0.305 e. The first-order valence-corrected chi connectivity index (χ1v) is 5.73. The maximum atomic E-state index is 11.5. The van der Waals surface area contributed by atoms with Gasteiger partial charge in [-0.05, 0) is 7.05 Å². The number of hydrogen-bond acceptors (Lipinski definition) is 3. The Hall–Kier alpha value is -0.220. The monoisotopic (exact) mass is 187 g/mol. The first-order chi connectivity index (χ1) is 5.66. The van der Waals surface area contributed by atoms with Crippen molar-refractivity contribution in [2.75, 3.05) is 31.6 Å². The van der Waals surface area contributed by atoms with Crippen molar-refractivity contribution in [2.45, 2.75) is 0 Å². The molecule has 0 saturated carbocycles. The van der Waals surface area contributed by atoms with Crippen LogP contribution in [0.25, 0.3) is 0 Å². The number of fused-ring (bicyclic) bond motifs is 2. The van der Waals surface area contributed by atoms with E-state index in [1.165, 1.54) is 0 Å². The molecule has 2 saturated heterocycles. The fraction of sp³-hybridized carbons (Fsp3) is 0.875. The highest BCUT2D eigenvalue weighted by Crippen LogP contribution is 2.24. The van der Waals surface area contributed by atoms with Crippen LogP contribution < -0.4 is 0 Å². The third-order valence-corrected chi connectivity index (χ3v) is 4.19. The maximum Gasteiger partial charge on any atom is 0.143 e. The van der Waals surface area contributed by atoms with Crippen LogP contribution in [0.5, 0.6) is 0 Å². The molecule has 0 spiro atoms. The number of carbonyl (C=O) groups is 1. The van der Waals surface area contributed by atoms with Crippen LogP contribution in [0.15, 0.2) is 0 Å². The molecule has 0 aliphatic carbocycles. The Bertz CT molecular complexity index is 221. The van der Waals surface area contributed by atoms with E-state index in [0.717, 1.165) is 13.1 Å². The minimum absolute atomic E-state index is 0.0586. The van der Waals surface area contributed by atoms with Crippen molar-refractivity contribution in [3.05, 3.63) is 0 Å². The van der Waals surface area contributed by atoms with Gasteiger partial charge in [0.15, 0.2) is 0 Å². The van der Waals surface area contributed by atoms with Gasteiger partial charge in [0.2, 0.25) is 0 Å². The summed E-state index contributed by atoms with van der Waals surface area (Å²) in [5.74, 6) is 1.67. The minimum Gasteiger partial charge on any atom is -0.305 e. The van der Waals surface area contributed by atoms with Crippen molar-refractivity contribution in [3.63, 3.8) is 0 Å². The van der Waals surface area contributed by atoms with Gasteiger partial charge in [0.25, 0.3) is 0 Å². The quantitative estimate of drug-likeness (QED) is 0.513. The fourth-order valence-electron chi connectivity index (χ4n) is 2.13. The number of Topliss-reactive ketones (excluding diaryl/α,β-unsaturated/α-hetero) is 1. The van der Waals surface area contributed by atoms with Crippen LogP contribution in [-0.4, -0.2) is 46.5 Å². The van der Waals surface area contributed by atoms with Gasteiger partial charge in [-0.15, -0.1) is 0 Å². The van der Waals surface area contributed by atoms with Gasteiger partial charge in [0, 0.05) is 47.2 Å². The molecule has 12 heavy (non-hydrogen) atoms. The molecule has 0 N–H and O–H groups in total. The number of ketones is 1. The molecular formula is C8H13NO2S. The maximum absolute atomic E-state index is 11.5. The van der Waals surface area contributed by atoms with Crippen molar-refractivity contribution in [3.8, 4) is 0 Å². The van der Waals surface area contributed by atoms with Gasteiger partial charge in [-0.25, -0.2) is 0 Å². The highest BCUT2D eigenvalue weighted by molar-refractivity contribution is 7.85. The molecule has 0 aromatic rings. The SMILES string of the molecule is CN1CC2CS(=O)CC(C1)C2=O. The van der Waals surface area contributed by atoms with Crippen LogP contribution in [0.3, 0.4) is 0 Å². The van der Waals surface area contributed by atoms with E-state index in [1.54, 1.807) is 0 Å². The topological polar surface area (TPSA) is 37.4 Å². The molecule has 0 radical (unpaired) electrons. The van der Waals surface area contributed by atoms with Gasteiger partial charge in [-0.3, -0.25) is 9.00 Å². The minimum atomic E-state index is -0.732. The molecule has 0 amide bonds. The molecule has 3 nitrogen and oxygen atoms in total. The van der Waals surface area contributed by atoms with Crippen LogP contribution in [0.4, 0.5) is 0 Å². The van der Waals surface area contributed by atoms with Gasteiger partial charge in [-0.2, -0.15) is 0 Å². The molecular weight excluding hydrogens is 174 g/mol. The third-order valence-electron chi connectivity index (χ3n) is 2.64. The van der Waals surface area contributed by atoms with E-state index < -0.39 is 10.8 Å². The second kappa shape index (κ2) is 2.92. The van der Waals surface area contributed by atoms with E-state index in [1.807, 2.05) is 7.05 Å². The van der Waals surface area contributed by atoms with E-state index in [2.05, 4.69) is 4.90 Å². The van der Waals surface area contributed by atoms with E-state index >= 15 is 0 Å². The van der Waals surface area contributed by atoms with Crippen LogP contribution in [0.2, 0.25) is 0 Å². The van der Waals surface area contributed by atoms with E-state index in [4.69, 9.17) is 0 Å². The highest BCUT2D eigenvalue weighted by atomic mass is 32.2. The Kier molecular flexibility index (Phi) is 2.04. The number of hydrogen-bond donors (Lipinski definition) is 0. The van der Waals surface area contributed by atoms with E-state index in [9.17, 15) is 9.00 Å². The first-order valence-electron chi connectivity index (χ1n) is 4.24. The average molecular weight is 187 g/mol. The Morgan fingerprint density at radius 3 is 2.33 bits per heavy atom. The van der Waals surface area contributed by atoms with Gasteiger partial charge in [-0.1, -0.05) is 0 Å². The molecule has 68 valence electrons. The summed E-state index contributed by atoms with van der Waals surface area (Å²) in [6.45, 7) is 1.61. The Morgan fingerprint density at radius 1 is 1.33 bits per heavy atom. The average Bonchev–Trinajstić information content (AvgIpc) is 1.94. The van der Waals surface area contributed by atoms with Gasteiger partial charge in [0.05, 0.1) is 0 Å². The highest BCUT2D eigenvalue weighted by Gasteiger charge is 2.39. The second-order valence-corrected chi connectivity index (χ2v) is 5.34. The molecule has 2 aliphatic heterocycles. The van der Waals surface area contributed by atoms with E-state index in [-0.39, 0.29) is 11.8 Å². The van der Waals surface area contributed by atoms with Gasteiger partial charge in [0.1, 0.15) is 5.78 Å². The lowest BCUT2D eigenvalue weighted by Crippen LogP contribution is -2.52. The number of carbonyl (C=O) groups excluding carboxylic acids is 1. The van der Waals surface area contributed by atoms with Crippen LogP contribution >= 0.6 is 0 Å². The number of nitrogens with zero attached hydrogens (tertiary/aromatic N) is 1. The summed E-state index contributed by atoms with van der Waals surface area (Å²) < 4.78 is 11.3. The molecule has 4 heteroatoms. The van der Waals surface area contributed by atoms with Crippen LogP contribution in [0.1, 0.15) is 0 Å². The van der Waals surface area contributed by atoms with Gasteiger partial charge < -0.3 is 4.90 Å². The normalized spacial score (nSPS) is 43.1. The second-order valence-electron chi connectivity index (χ2n) is 3.79. The summed E-state index contributed by atoms with van der Waals surface area (Å²) in [7, 11) is 1.30. The summed E-state index contributed by atoms with van der Waals surface area (Å²) in [5, 5.41) is 0. The lowest BCUT2D eigenvalue weighted by molar-refractivity contribution is -0.129. The smallest absolute Gasteiger partial charge is 0.143 e. The summed E-state index contributed by atoms with van der Waals surface area (Å²) in [6, 6.07) is 0. The molecule has 0 aromatic heterocycles. The standard InChI is InChI=1S/C8H13NO2S/c1-9-2-6-4-12(11)5-7(3-9)8(6)10/h6-7H,2-5H2,1H3. The Balaban J connectivity index is 2.18. The summed E-state index contributed by atoms with van der Waals surface area (Å²) in [4.78, 5) is 13.7. The van der Waals surface area contributed by atoms with Crippen molar-refractivity contribution in [1.82, 2.24) is 4.90 Å². The molecule has 2 rings (SSSR count). The van der Waals surface area contributed by atoms with Crippen LogP contribution in [0, 0.1) is 11.8 Å². The molecule has 2 fully saturated rings.